The van der Waals surface area contributed by atoms with E-state index in [1.54, 1.807) is 0 Å². The first-order valence-corrected chi connectivity index (χ1v) is 26.2. The number of carbonyl (C=O) groups excluding carboxylic acids is 3. The van der Waals surface area contributed by atoms with Crippen LogP contribution in [0.1, 0.15) is 188 Å². The van der Waals surface area contributed by atoms with Crippen molar-refractivity contribution in [3.63, 3.8) is 0 Å². The average Bonchev–Trinajstić information content (AvgIpc) is 3.33. The van der Waals surface area contributed by atoms with Crippen LogP contribution in [0.15, 0.2) is 158 Å². The Morgan fingerprint density at radius 3 is 1.03 bits per heavy atom. The van der Waals surface area contributed by atoms with Crippen LogP contribution in [0.3, 0.4) is 0 Å². The van der Waals surface area contributed by atoms with Crippen molar-refractivity contribution in [2.75, 3.05) is 13.2 Å². The van der Waals surface area contributed by atoms with Gasteiger partial charge in [-0.05, 0) is 77.0 Å². The Balaban J connectivity index is 4.61. The second-order valence-electron chi connectivity index (χ2n) is 16.6. The molecule has 372 valence electrons. The van der Waals surface area contributed by atoms with Crippen molar-refractivity contribution in [3.8, 4) is 0 Å². The summed E-state index contributed by atoms with van der Waals surface area (Å²) in [7, 11) is 0. The molecule has 0 aromatic rings. The summed E-state index contributed by atoms with van der Waals surface area (Å²) in [5, 5.41) is 0. The van der Waals surface area contributed by atoms with E-state index in [2.05, 4.69) is 51.2 Å². The molecule has 0 N–H and O–H groups in total. The number of esters is 3. The molecule has 6 nitrogen and oxygen atoms in total. The molecule has 0 saturated carbocycles. The summed E-state index contributed by atoms with van der Waals surface area (Å²) in [6, 6.07) is 0. The Kier molecular flexibility index (Phi) is 49.7. The quantitative estimate of drug-likeness (QED) is 0.0199. The van der Waals surface area contributed by atoms with Gasteiger partial charge in [0.15, 0.2) is 6.10 Å². The predicted molar refractivity (Wildman–Crippen MR) is 288 cm³/mol. The first kappa shape index (κ1) is 62.0. The van der Waals surface area contributed by atoms with Crippen LogP contribution >= 0.6 is 0 Å². The minimum Gasteiger partial charge on any atom is -0.462 e. The highest BCUT2D eigenvalue weighted by molar-refractivity contribution is 5.71. The van der Waals surface area contributed by atoms with Crippen LogP contribution in [-0.4, -0.2) is 37.2 Å². The Bertz CT molecular complexity index is 1570. The lowest BCUT2D eigenvalue weighted by Crippen LogP contribution is -2.30. The molecule has 6 heteroatoms. The lowest BCUT2D eigenvalue weighted by molar-refractivity contribution is -0.167. The number of hydrogen-bond donors (Lipinski definition) is 0. The summed E-state index contributed by atoms with van der Waals surface area (Å²) in [6.45, 7) is 6.21. The van der Waals surface area contributed by atoms with Gasteiger partial charge in [0.1, 0.15) is 13.2 Å². The molecule has 1 atom stereocenters. The van der Waals surface area contributed by atoms with Gasteiger partial charge in [0.25, 0.3) is 0 Å². The van der Waals surface area contributed by atoms with E-state index in [0.717, 1.165) is 57.8 Å². The number of unbranched alkanes of at least 4 members (excludes halogenated alkanes) is 17. The van der Waals surface area contributed by atoms with E-state index in [0.29, 0.717) is 12.8 Å². The zero-order chi connectivity index (χ0) is 48.6. The van der Waals surface area contributed by atoms with Crippen LogP contribution < -0.4 is 0 Å². The first-order valence-electron chi connectivity index (χ1n) is 26.2. The summed E-state index contributed by atoms with van der Waals surface area (Å²) in [4.78, 5) is 38.0. The van der Waals surface area contributed by atoms with Crippen molar-refractivity contribution in [2.45, 2.75) is 194 Å². The molecule has 0 rings (SSSR count). The van der Waals surface area contributed by atoms with Crippen molar-refractivity contribution in [2.24, 2.45) is 0 Å². The zero-order valence-electron chi connectivity index (χ0n) is 42.3. The Labute approximate surface area is 409 Å². The average molecular weight is 921 g/mol. The zero-order valence-corrected chi connectivity index (χ0v) is 42.3. The summed E-state index contributed by atoms with van der Waals surface area (Å²) in [5.41, 5.74) is 0. The maximum Gasteiger partial charge on any atom is 0.306 e. The smallest absolute Gasteiger partial charge is 0.306 e. The van der Waals surface area contributed by atoms with Gasteiger partial charge >= 0.3 is 17.9 Å². The SMILES string of the molecule is CC\C=C/C=C\C=C/C=C\C=C/CCCC(=O)OCC(COC(=O)CCCCC\C=C/C=C\C=C\C=C/C=C\C=C/C=C\CC)OC(=O)CCCCCCCCC/C=C\CCCCCCCC. The van der Waals surface area contributed by atoms with Crippen molar-refractivity contribution in [1.29, 1.82) is 0 Å². The third-order valence-electron chi connectivity index (χ3n) is 10.3. The lowest BCUT2D eigenvalue weighted by atomic mass is 10.1. The molecule has 1 unspecified atom stereocenters. The van der Waals surface area contributed by atoms with Crippen LogP contribution in [0.4, 0.5) is 0 Å². The molecule has 0 aromatic carbocycles. The summed E-state index contributed by atoms with van der Waals surface area (Å²) < 4.78 is 16.7. The minimum absolute atomic E-state index is 0.134. The van der Waals surface area contributed by atoms with Crippen molar-refractivity contribution in [1.82, 2.24) is 0 Å². The Hall–Kier alpha value is -4.97. The molecule has 0 saturated heterocycles. The van der Waals surface area contributed by atoms with Gasteiger partial charge < -0.3 is 14.2 Å². The van der Waals surface area contributed by atoms with E-state index >= 15 is 0 Å². The molecule has 0 fully saturated rings. The lowest BCUT2D eigenvalue weighted by Gasteiger charge is -2.18. The largest absolute Gasteiger partial charge is 0.462 e. The van der Waals surface area contributed by atoms with Gasteiger partial charge in [-0.2, -0.15) is 0 Å². The molecule has 0 aromatic heterocycles. The van der Waals surface area contributed by atoms with Crippen LogP contribution in [0.2, 0.25) is 0 Å². The number of ether oxygens (including phenoxy) is 3. The second kappa shape index (κ2) is 53.6. The van der Waals surface area contributed by atoms with Gasteiger partial charge in [0.05, 0.1) is 0 Å². The fraction of sp³-hybridized carbons (Fsp3) is 0.525. The van der Waals surface area contributed by atoms with Crippen molar-refractivity contribution < 1.29 is 28.6 Å². The van der Waals surface area contributed by atoms with E-state index in [1.807, 2.05) is 128 Å². The second-order valence-corrected chi connectivity index (χ2v) is 16.6. The van der Waals surface area contributed by atoms with Crippen LogP contribution in [0, 0.1) is 0 Å². The highest BCUT2D eigenvalue weighted by Gasteiger charge is 2.19. The third-order valence-corrected chi connectivity index (χ3v) is 10.3. The van der Waals surface area contributed by atoms with E-state index in [-0.39, 0.29) is 50.4 Å². The van der Waals surface area contributed by atoms with Gasteiger partial charge in [0, 0.05) is 19.3 Å². The van der Waals surface area contributed by atoms with Crippen LogP contribution in [0.25, 0.3) is 0 Å². The minimum atomic E-state index is -0.836. The molecule has 0 spiro atoms. The van der Waals surface area contributed by atoms with E-state index in [4.69, 9.17) is 14.2 Å². The van der Waals surface area contributed by atoms with E-state index in [1.165, 1.54) is 77.0 Å². The fourth-order valence-corrected chi connectivity index (χ4v) is 6.45. The maximum atomic E-state index is 12.8. The van der Waals surface area contributed by atoms with Gasteiger partial charge in [-0.15, -0.1) is 0 Å². The van der Waals surface area contributed by atoms with E-state index in [9.17, 15) is 14.4 Å². The first-order chi connectivity index (χ1) is 33.0. The normalized spacial score (nSPS) is 13.4. The third kappa shape index (κ3) is 51.9. The molecule has 67 heavy (non-hydrogen) atoms. The van der Waals surface area contributed by atoms with Gasteiger partial charge in [0.2, 0.25) is 0 Å². The maximum absolute atomic E-state index is 12.8. The Morgan fingerprint density at radius 1 is 0.313 bits per heavy atom. The highest BCUT2D eigenvalue weighted by Crippen LogP contribution is 2.13. The van der Waals surface area contributed by atoms with Crippen molar-refractivity contribution >= 4 is 17.9 Å². The molecule has 0 bridgehead atoms. The van der Waals surface area contributed by atoms with Crippen LogP contribution in [-0.2, 0) is 28.6 Å². The molecule has 0 radical (unpaired) electrons. The number of hydrogen-bond acceptors (Lipinski definition) is 6. The molecular weight excluding hydrogens is 829 g/mol. The molecule has 0 aliphatic heterocycles. The Morgan fingerprint density at radius 2 is 0.612 bits per heavy atom. The molecule has 0 amide bonds. The number of carbonyl (C=O) groups is 3. The monoisotopic (exact) mass is 921 g/mol. The summed E-state index contributed by atoms with van der Waals surface area (Å²) in [5.74, 6) is -1.07. The number of allylic oxidation sites excluding steroid dienone is 26. The molecule has 0 heterocycles. The highest BCUT2D eigenvalue weighted by atomic mass is 16.6. The summed E-state index contributed by atoms with van der Waals surface area (Å²) in [6.07, 6.45) is 78.0. The molecular formula is C61H92O6. The van der Waals surface area contributed by atoms with Gasteiger partial charge in [-0.3, -0.25) is 14.4 Å². The molecule has 0 aliphatic carbocycles. The molecule has 0 aliphatic rings. The topological polar surface area (TPSA) is 78.9 Å². The summed E-state index contributed by atoms with van der Waals surface area (Å²) >= 11 is 0. The predicted octanol–water partition coefficient (Wildman–Crippen LogP) is 17.4. The van der Waals surface area contributed by atoms with Gasteiger partial charge in [-0.1, -0.05) is 249 Å². The van der Waals surface area contributed by atoms with Crippen LogP contribution in [0.5, 0.6) is 0 Å². The van der Waals surface area contributed by atoms with Crippen molar-refractivity contribution in [3.05, 3.63) is 158 Å². The van der Waals surface area contributed by atoms with E-state index < -0.39 is 6.10 Å². The fourth-order valence-electron chi connectivity index (χ4n) is 6.45. The number of rotatable bonds is 44. The standard InChI is InChI=1S/C61H92O6/c1-4-7-10-13-16-19-22-25-27-29-30-32-33-36-39-42-45-48-51-54-60(63)66-57-58(56-65-59(62)53-50-47-44-41-38-35-24-21-18-15-12-9-6-3)67-61(64)55-52-49-46-43-40-37-34-31-28-26-23-20-17-14-11-8-5-2/h7,9-10,12-13,15-16,18-19,21-22,24-30,32-33,35-36,38-39,41,44,58H,4-6,8,11,14,17,20,23,31,34,37,40,42-43,45-57H2,1-3H3/b10-7-,12-9-,16-13-,18-15-,22-19-,24-21-,27-25-,28-26-,30-29+,33-32-,38-35-,39-36-,44-41-. The van der Waals surface area contributed by atoms with Gasteiger partial charge in [-0.25, -0.2) is 0 Å².